The van der Waals surface area contributed by atoms with Crippen LogP contribution in [0.1, 0.15) is 29.4 Å². The molecule has 19 heavy (non-hydrogen) atoms. The second kappa shape index (κ2) is 5.53. The van der Waals surface area contributed by atoms with Gasteiger partial charge in [0.2, 0.25) is 0 Å². The van der Waals surface area contributed by atoms with Gasteiger partial charge in [-0.15, -0.1) is 0 Å². The topological polar surface area (TPSA) is 43.8 Å². The van der Waals surface area contributed by atoms with E-state index in [-0.39, 0.29) is 5.82 Å². The third-order valence-corrected chi connectivity index (χ3v) is 3.51. The van der Waals surface area contributed by atoms with Crippen LogP contribution < -0.4 is 5.73 Å². The molecular weight excluding hydrogens is 241 g/mol. The first-order valence-electron chi connectivity index (χ1n) is 6.63. The summed E-state index contributed by atoms with van der Waals surface area (Å²) in [6.07, 6.45) is 1.45. The number of hydrogen-bond acceptors (Lipinski definition) is 2. The Balaban J connectivity index is 2.62. The molecule has 0 amide bonds. The van der Waals surface area contributed by atoms with Crippen molar-refractivity contribution in [1.29, 1.82) is 0 Å². The van der Waals surface area contributed by atoms with Crippen LogP contribution in [0.4, 0.5) is 4.39 Å². The lowest BCUT2D eigenvalue weighted by molar-refractivity contribution is 0.605. The molecule has 0 saturated carbocycles. The Bertz CT molecular complexity index is 587. The molecule has 0 aliphatic carbocycles. The molecule has 0 spiro atoms. The highest BCUT2D eigenvalue weighted by atomic mass is 19.1. The van der Waals surface area contributed by atoms with Gasteiger partial charge in [-0.1, -0.05) is 13.0 Å². The molecule has 2 N–H and O–H groups in total. The predicted molar refractivity (Wildman–Crippen MR) is 75.1 cm³/mol. The van der Waals surface area contributed by atoms with Gasteiger partial charge in [0, 0.05) is 11.3 Å². The summed E-state index contributed by atoms with van der Waals surface area (Å²) in [7, 11) is 0. The summed E-state index contributed by atoms with van der Waals surface area (Å²) in [5.41, 5.74) is 10.3. The van der Waals surface area contributed by atoms with Crippen LogP contribution in [0, 0.1) is 19.7 Å². The van der Waals surface area contributed by atoms with Crippen molar-refractivity contribution in [3.63, 3.8) is 0 Å². The minimum Gasteiger partial charge on any atom is -0.330 e. The van der Waals surface area contributed by atoms with Crippen molar-refractivity contribution in [1.82, 2.24) is 9.78 Å². The summed E-state index contributed by atoms with van der Waals surface area (Å²) in [5.74, 6) is -0.214. The molecule has 0 radical (unpaired) electrons. The van der Waals surface area contributed by atoms with Crippen LogP contribution in [0.15, 0.2) is 18.2 Å². The molecule has 0 aliphatic heterocycles. The Labute approximate surface area is 113 Å². The van der Waals surface area contributed by atoms with E-state index in [4.69, 9.17) is 5.73 Å². The van der Waals surface area contributed by atoms with E-state index >= 15 is 0 Å². The van der Waals surface area contributed by atoms with Crippen LogP contribution in [0.25, 0.3) is 5.69 Å². The molecule has 0 saturated heterocycles. The highest BCUT2D eigenvalue weighted by Gasteiger charge is 2.15. The number of hydrogen-bond donors (Lipinski definition) is 1. The minimum absolute atomic E-state index is 0.214. The molecule has 102 valence electrons. The van der Waals surface area contributed by atoms with Crippen LogP contribution in [-0.4, -0.2) is 16.3 Å². The third kappa shape index (κ3) is 2.40. The first-order chi connectivity index (χ1) is 9.10. The van der Waals surface area contributed by atoms with Gasteiger partial charge in [-0.25, -0.2) is 9.07 Å². The van der Waals surface area contributed by atoms with E-state index in [0.29, 0.717) is 18.5 Å². The average molecular weight is 261 g/mol. The van der Waals surface area contributed by atoms with E-state index in [1.807, 2.05) is 24.6 Å². The van der Waals surface area contributed by atoms with Gasteiger partial charge in [0.25, 0.3) is 0 Å². The zero-order chi connectivity index (χ0) is 14.0. The van der Waals surface area contributed by atoms with E-state index in [1.165, 1.54) is 11.6 Å². The van der Waals surface area contributed by atoms with E-state index in [0.717, 1.165) is 23.5 Å². The normalized spacial score (nSPS) is 11.0. The molecule has 3 nitrogen and oxygen atoms in total. The smallest absolute Gasteiger partial charge is 0.128 e. The van der Waals surface area contributed by atoms with Crippen molar-refractivity contribution in [3.8, 4) is 5.69 Å². The quantitative estimate of drug-likeness (QED) is 0.919. The lowest BCUT2D eigenvalue weighted by atomic mass is 10.1. The van der Waals surface area contributed by atoms with E-state index < -0.39 is 0 Å². The molecule has 0 fully saturated rings. The summed E-state index contributed by atoms with van der Waals surface area (Å²) in [4.78, 5) is 0. The maximum atomic E-state index is 13.9. The summed E-state index contributed by atoms with van der Waals surface area (Å²) in [6.45, 7) is 6.54. The number of halogens is 1. The Kier molecular flexibility index (Phi) is 4.00. The summed E-state index contributed by atoms with van der Waals surface area (Å²) in [6, 6.07) is 5.08. The number of nitrogens with zero attached hydrogens (tertiary/aromatic N) is 2. The highest BCUT2D eigenvalue weighted by Crippen LogP contribution is 2.23. The fourth-order valence-corrected chi connectivity index (χ4v) is 2.56. The molecule has 2 aromatic rings. The number of aryl methyl sites for hydroxylation is 1. The fraction of sp³-hybridized carbons (Fsp3) is 0.400. The van der Waals surface area contributed by atoms with Crippen LogP contribution in [0.3, 0.4) is 0 Å². The molecule has 1 heterocycles. The molecule has 2 rings (SSSR count). The molecule has 1 aromatic carbocycles. The molecule has 1 aromatic heterocycles. The second-order valence-electron chi connectivity index (χ2n) is 4.69. The van der Waals surface area contributed by atoms with E-state index in [9.17, 15) is 4.39 Å². The lowest BCUT2D eigenvalue weighted by Crippen LogP contribution is -2.10. The van der Waals surface area contributed by atoms with Gasteiger partial charge in [-0.3, -0.25) is 0 Å². The Morgan fingerprint density at radius 2 is 2.00 bits per heavy atom. The van der Waals surface area contributed by atoms with Gasteiger partial charge >= 0.3 is 0 Å². The minimum atomic E-state index is -0.214. The number of nitrogens with two attached hydrogens (primary N) is 1. The van der Waals surface area contributed by atoms with Crippen molar-refractivity contribution in [2.75, 3.05) is 6.54 Å². The van der Waals surface area contributed by atoms with Gasteiger partial charge in [-0.2, -0.15) is 5.10 Å². The zero-order valence-electron chi connectivity index (χ0n) is 11.7. The molecule has 0 aliphatic rings. The summed E-state index contributed by atoms with van der Waals surface area (Å²) in [5, 5.41) is 4.54. The van der Waals surface area contributed by atoms with Crippen LogP contribution >= 0.6 is 0 Å². The summed E-state index contributed by atoms with van der Waals surface area (Å²) < 4.78 is 15.8. The lowest BCUT2D eigenvalue weighted by Gasteiger charge is -2.11. The van der Waals surface area contributed by atoms with Crippen molar-refractivity contribution in [2.24, 2.45) is 5.73 Å². The number of benzene rings is 1. The standard InChI is InChI=1S/C15H20FN3/c1-4-12-10(2)18-19(11(12)3)15-7-5-6-14(16)13(15)8-9-17/h5-7H,4,8-9,17H2,1-3H3. The number of rotatable bonds is 4. The van der Waals surface area contributed by atoms with Gasteiger partial charge in [-0.05, 0) is 50.9 Å². The van der Waals surface area contributed by atoms with E-state index in [2.05, 4.69) is 12.0 Å². The van der Waals surface area contributed by atoms with Crippen LogP contribution in [-0.2, 0) is 12.8 Å². The first-order valence-corrected chi connectivity index (χ1v) is 6.63. The second-order valence-corrected chi connectivity index (χ2v) is 4.69. The van der Waals surface area contributed by atoms with Gasteiger partial charge in [0.1, 0.15) is 5.82 Å². The molecule has 0 unspecified atom stereocenters. The Hall–Kier alpha value is -1.68. The molecule has 0 bridgehead atoms. The Morgan fingerprint density at radius 3 is 2.58 bits per heavy atom. The molecular formula is C15H20FN3. The van der Waals surface area contributed by atoms with Gasteiger partial charge < -0.3 is 5.73 Å². The van der Waals surface area contributed by atoms with Crippen molar-refractivity contribution in [2.45, 2.75) is 33.6 Å². The maximum absolute atomic E-state index is 13.9. The summed E-state index contributed by atoms with van der Waals surface area (Å²) >= 11 is 0. The number of aromatic nitrogens is 2. The molecule has 4 heteroatoms. The Morgan fingerprint density at radius 1 is 1.26 bits per heavy atom. The van der Waals surface area contributed by atoms with Crippen molar-refractivity contribution < 1.29 is 4.39 Å². The van der Waals surface area contributed by atoms with Gasteiger partial charge in [0.15, 0.2) is 0 Å². The van der Waals surface area contributed by atoms with Crippen LogP contribution in [0.5, 0.6) is 0 Å². The average Bonchev–Trinajstić information content (AvgIpc) is 2.67. The van der Waals surface area contributed by atoms with Gasteiger partial charge in [0.05, 0.1) is 11.4 Å². The van der Waals surface area contributed by atoms with Crippen molar-refractivity contribution in [3.05, 3.63) is 46.5 Å². The SMILES string of the molecule is CCc1c(C)nn(-c2cccc(F)c2CCN)c1C. The monoisotopic (exact) mass is 261 g/mol. The fourth-order valence-electron chi connectivity index (χ4n) is 2.56. The predicted octanol–water partition coefficient (Wildman–Crippen LogP) is 2.69. The van der Waals surface area contributed by atoms with E-state index in [1.54, 1.807) is 6.07 Å². The molecule has 0 atom stereocenters. The first kappa shape index (κ1) is 13.7. The largest absolute Gasteiger partial charge is 0.330 e. The third-order valence-electron chi connectivity index (χ3n) is 3.51. The maximum Gasteiger partial charge on any atom is 0.128 e. The zero-order valence-corrected chi connectivity index (χ0v) is 11.7. The van der Waals surface area contributed by atoms with Crippen molar-refractivity contribution >= 4 is 0 Å². The van der Waals surface area contributed by atoms with Crippen LogP contribution in [0.2, 0.25) is 0 Å². The highest BCUT2D eigenvalue weighted by molar-refractivity contribution is 5.44.